The maximum atomic E-state index is 12.9. The highest BCUT2D eigenvalue weighted by atomic mass is 19.3. The predicted molar refractivity (Wildman–Crippen MR) is 73.0 cm³/mol. The number of hydrogen-bond acceptors (Lipinski definition) is 2. The van der Waals surface area contributed by atoms with Crippen molar-refractivity contribution in [1.29, 1.82) is 0 Å². The Kier molecular flexibility index (Phi) is 4.71. The number of H-pyrrole nitrogens is 1. The van der Waals surface area contributed by atoms with E-state index in [-0.39, 0.29) is 11.7 Å². The van der Waals surface area contributed by atoms with Crippen LogP contribution in [0.15, 0.2) is 30.6 Å². The molecular formula is C15H18F2N2O. The fourth-order valence-corrected chi connectivity index (χ4v) is 2.12. The number of aromatic nitrogens is 2. The van der Waals surface area contributed by atoms with Gasteiger partial charge in [-0.25, -0.2) is 13.8 Å². The summed E-state index contributed by atoms with van der Waals surface area (Å²) >= 11 is 0. The largest absolute Gasteiger partial charge is 0.482 e. The molecule has 2 aromatic rings. The summed E-state index contributed by atoms with van der Waals surface area (Å²) in [5.74, 6) is 1.20. The van der Waals surface area contributed by atoms with Crippen LogP contribution in [-0.2, 0) is 0 Å². The zero-order chi connectivity index (χ0) is 14.5. The fraction of sp³-hybridized carbons (Fsp3) is 0.400. The first kappa shape index (κ1) is 14.5. The van der Waals surface area contributed by atoms with Gasteiger partial charge in [-0.1, -0.05) is 25.5 Å². The minimum absolute atomic E-state index is 0.0113. The fourth-order valence-electron chi connectivity index (χ4n) is 2.12. The van der Waals surface area contributed by atoms with Crippen LogP contribution in [0.2, 0.25) is 0 Å². The summed E-state index contributed by atoms with van der Waals surface area (Å²) in [6.07, 6.45) is 2.33. The van der Waals surface area contributed by atoms with Gasteiger partial charge in [0.15, 0.2) is 6.10 Å². The second-order valence-electron chi connectivity index (χ2n) is 4.64. The zero-order valence-corrected chi connectivity index (χ0v) is 11.6. The van der Waals surface area contributed by atoms with Crippen LogP contribution in [0.4, 0.5) is 8.78 Å². The molecule has 3 nitrogen and oxygen atoms in total. The second-order valence-corrected chi connectivity index (χ2v) is 4.64. The number of aromatic amines is 1. The molecule has 1 aromatic carbocycles. The normalized spacial score (nSPS) is 12.7. The predicted octanol–water partition coefficient (Wildman–Crippen LogP) is 4.58. The van der Waals surface area contributed by atoms with E-state index in [0.29, 0.717) is 17.1 Å². The van der Waals surface area contributed by atoms with Crippen molar-refractivity contribution < 1.29 is 13.5 Å². The minimum atomic E-state index is -2.49. The quantitative estimate of drug-likeness (QED) is 0.841. The van der Waals surface area contributed by atoms with E-state index in [9.17, 15) is 8.78 Å². The van der Waals surface area contributed by atoms with Gasteiger partial charge in [0.05, 0.1) is 0 Å². The molecule has 0 aliphatic heterocycles. The summed E-state index contributed by atoms with van der Waals surface area (Å²) in [5.41, 5.74) is 0.493. The van der Waals surface area contributed by atoms with Crippen LogP contribution < -0.4 is 4.74 Å². The number of nitrogens with one attached hydrogen (secondary N) is 1. The Morgan fingerprint density at radius 3 is 2.75 bits per heavy atom. The van der Waals surface area contributed by atoms with Gasteiger partial charge in [-0.05, 0) is 25.0 Å². The molecule has 2 rings (SSSR count). The molecule has 0 bridgehead atoms. The summed E-state index contributed by atoms with van der Waals surface area (Å²) in [5, 5.41) is 0. The van der Waals surface area contributed by atoms with Crippen LogP contribution in [0.3, 0.4) is 0 Å². The minimum Gasteiger partial charge on any atom is -0.482 e. The van der Waals surface area contributed by atoms with E-state index >= 15 is 0 Å². The molecule has 108 valence electrons. The molecule has 1 aromatic heterocycles. The average Bonchev–Trinajstić information content (AvgIpc) is 2.94. The van der Waals surface area contributed by atoms with Gasteiger partial charge in [0.25, 0.3) is 6.43 Å². The van der Waals surface area contributed by atoms with Crippen molar-refractivity contribution in [2.45, 2.75) is 39.2 Å². The second kappa shape index (κ2) is 6.50. The SMILES string of the molecule is CCCC(Oc1cccc(C(F)F)c1C)c1ncc[nH]1. The Balaban J connectivity index is 2.25. The van der Waals surface area contributed by atoms with E-state index in [4.69, 9.17) is 4.74 Å². The van der Waals surface area contributed by atoms with Gasteiger partial charge < -0.3 is 9.72 Å². The van der Waals surface area contributed by atoms with E-state index in [1.54, 1.807) is 31.5 Å². The van der Waals surface area contributed by atoms with Crippen LogP contribution in [0.5, 0.6) is 5.75 Å². The van der Waals surface area contributed by atoms with Gasteiger partial charge in [-0.3, -0.25) is 0 Å². The molecule has 1 heterocycles. The smallest absolute Gasteiger partial charge is 0.264 e. The number of hydrogen-bond donors (Lipinski definition) is 1. The van der Waals surface area contributed by atoms with Crippen LogP contribution in [0, 0.1) is 6.92 Å². The Labute approximate surface area is 117 Å². The standard InChI is InChI=1S/C15H18F2N2O/c1-3-5-13(15-18-8-9-19-15)20-12-7-4-6-11(10(12)2)14(16)17/h4,6-9,13-14H,3,5H2,1-2H3,(H,18,19). The number of ether oxygens (including phenoxy) is 1. The van der Waals surface area contributed by atoms with Crippen molar-refractivity contribution in [1.82, 2.24) is 9.97 Å². The monoisotopic (exact) mass is 280 g/mol. The number of halogens is 2. The number of nitrogens with zero attached hydrogens (tertiary/aromatic N) is 1. The maximum Gasteiger partial charge on any atom is 0.264 e. The highest BCUT2D eigenvalue weighted by molar-refractivity contribution is 5.40. The molecule has 1 atom stereocenters. The van der Waals surface area contributed by atoms with Gasteiger partial charge in [-0.2, -0.15) is 0 Å². The number of benzene rings is 1. The highest BCUT2D eigenvalue weighted by Crippen LogP contribution is 2.32. The zero-order valence-electron chi connectivity index (χ0n) is 11.6. The highest BCUT2D eigenvalue weighted by Gasteiger charge is 2.19. The van der Waals surface area contributed by atoms with Crippen molar-refractivity contribution in [3.63, 3.8) is 0 Å². The van der Waals surface area contributed by atoms with Gasteiger partial charge in [-0.15, -0.1) is 0 Å². The molecule has 20 heavy (non-hydrogen) atoms. The Morgan fingerprint density at radius 2 is 2.15 bits per heavy atom. The van der Waals surface area contributed by atoms with E-state index in [1.807, 2.05) is 6.92 Å². The van der Waals surface area contributed by atoms with Gasteiger partial charge in [0, 0.05) is 18.0 Å². The Bertz CT molecular complexity index is 541. The average molecular weight is 280 g/mol. The molecule has 0 spiro atoms. The van der Waals surface area contributed by atoms with E-state index in [0.717, 1.165) is 12.8 Å². The number of imidazole rings is 1. The summed E-state index contributed by atoms with van der Waals surface area (Å²) < 4.78 is 31.7. The molecule has 0 amide bonds. The van der Waals surface area contributed by atoms with Crippen molar-refractivity contribution in [3.8, 4) is 5.75 Å². The molecule has 0 radical (unpaired) electrons. The first-order valence-electron chi connectivity index (χ1n) is 6.67. The lowest BCUT2D eigenvalue weighted by Gasteiger charge is -2.19. The Hall–Kier alpha value is -1.91. The van der Waals surface area contributed by atoms with Crippen LogP contribution >= 0.6 is 0 Å². The van der Waals surface area contributed by atoms with Crippen LogP contribution in [0.25, 0.3) is 0 Å². The van der Waals surface area contributed by atoms with Crippen LogP contribution in [0.1, 0.15) is 49.2 Å². The lowest BCUT2D eigenvalue weighted by Crippen LogP contribution is -2.10. The van der Waals surface area contributed by atoms with Crippen molar-refractivity contribution in [3.05, 3.63) is 47.5 Å². The Morgan fingerprint density at radius 1 is 1.35 bits per heavy atom. The molecule has 0 aliphatic rings. The summed E-state index contributed by atoms with van der Waals surface area (Å²) in [4.78, 5) is 7.20. The molecule has 1 N–H and O–H groups in total. The first-order valence-corrected chi connectivity index (χ1v) is 6.67. The maximum absolute atomic E-state index is 12.9. The lowest BCUT2D eigenvalue weighted by molar-refractivity contribution is 0.147. The van der Waals surface area contributed by atoms with Crippen molar-refractivity contribution >= 4 is 0 Å². The van der Waals surface area contributed by atoms with E-state index in [2.05, 4.69) is 9.97 Å². The third-order valence-corrected chi connectivity index (χ3v) is 3.21. The molecule has 5 heteroatoms. The topological polar surface area (TPSA) is 37.9 Å². The number of rotatable bonds is 6. The molecular weight excluding hydrogens is 262 g/mol. The van der Waals surface area contributed by atoms with E-state index < -0.39 is 6.43 Å². The van der Waals surface area contributed by atoms with Gasteiger partial charge in [0.2, 0.25) is 0 Å². The third-order valence-electron chi connectivity index (χ3n) is 3.21. The molecule has 0 aliphatic carbocycles. The summed E-state index contributed by atoms with van der Waals surface area (Å²) in [6.45, 7) is 3.70. The van der Waals surface area contributed by atoms with Crippen LogP contribution in [-0.4, -0.2) is 9.97 Å². The van der Waals surface area contributed by atoms with Gasteiger partial charge >= 0.3 is 0 Å². The molecule has 0 saturated heterocycles. The molecule has 0 fully saturated rings. The molecule has 1 unspecified atom stereocenters. The number of alkyl halides is 2. The van der Waals surface area contributed by atoms with Crippen molar-refractivity contribution in [2.24, 2.45) is 0 Å². The van der Waals surface area contributed by atoms with Gasteiger partial charge in [0.1, 0.15) is 11.6 Å². The summed E-state index contributed by atoms with van der Waals surface area (Å²) in [7, 11) is 0. The van der Waals surface area contributed by atoms with Crippen molar-refractivity contribution in [2.75, 3.05) is 0 Å². The first-order chi connectivity index (χ1) is 9.63. The summed E-state index contributed by atoms with van der Waals surface area (Å²) in [6, 6.07) is 4.73. The lowest BCUT2D eigenvalue weighted by atomic mass is 10.1. The molecule has 0 saturated carbocycles. The van der Waals surface area contributed by atoms with E-state index in [1.165, 1.54) is 6.07 Å². The third kappa shape index (κ3) is 3.15.